The Morgan fingerprint density at radius 3 is 2.82 bits per heavy atom. The number of nitrogens with two attached hydrogens (primary N) is 1. The van der Waals surface area contributed by atoms with Crippen molar-refractivity contribution in [1.29, 1.82) is 0 Å². The zero-order chi connectivity index (χ0) is 16.2. The first-order chi connectivity index (χ1) is 10.4. The Bertz CT molecular complexity index is 667. The maximum absolute atomic E-state index is 11.7. The highest BCUT2D eigenvalue weighted by Crippen LogP contribution is 2.15. The highest BCUT2D eigenvalue weighted by atomic mass is 32.2. The molecule has 0 spiro atoms. The number of sulfonamides is 1. The van der Waals surface area contributed by atoms with Gasteiger partial charge in [-0.1, -0.05) is 6.07 Å². The Morgan fingerprint density at radius 2 is 2.18 bits per heavy atom. The van der Waals surface area contributed by atoms with E-state index in [0.29, 0.717) is 13.0 Å². The van der Waals surface area contributed by atoms with Crippen LogP contribution in [0.15, 0.2) is 29.2 Å². The third-order valence-corrected chi connectivity index (χ3v) is 3.90. The lowest BCUT2D eigenvalue weighted by Gasteiger charge is -2.10. The topological polar surface area (TPSA) is 125 Å². The Balaban J connectivity index is 1.88. The van der Waals surface area contributed by atoms with Crippen LogP contribution in [-0.2, 0) is 29.1 Å². The van der Waals surface area contributed by atoms with Crippen LogP contribution in [0.5, 0.6) is 0 Å². The number of nitrogens with one attached hydrogen (secondary N) is 1. The van der Waals surface area contributed by atoms with Crippen molar-refractivity contribution in [1.82, 2.24) is 0 Å². The molecule has 1 atom stereocenters. The Labute approximate surface area is 127 Å². The van der Waals surface area contributed by atoms with Crippen LogP contribution in [0.1, 0.15) is 12.8 Å². The van der Waals surface area contributed by atoms with Crippen LogP contribution in [0.4, 0.5) is 5.69 Å². The van der Waals surface area contributed by atoms with Gasteiger partial charge in [-0.25, -0.2) is 18.4 Å². The maximum Gasteiger partial charge on any atom is 0.335 e. The largest absolute Gasteiger partial charge is 0.454 e. The predicted octanol–water partition coefficient (Wildman–Crippen LogP) is -0.00530. The lowest BCUT2D eigenvalue weighted by molar-refractivity contribution is -0.156. The van der Waals surface area contributed by atoms with Gasteiger partial charge >= 0.3 is 5.97 Å². The van der Waals surface area contributed by atoms with Crippen LogP contribution in [-0.4, -0.2) is 39.6 Å². The fourth-order valence-corrected chi connectivity index (χ4v) is 2.50. The van der Waals surface area contributed by atoms with Crippen molar-refractivity contribution in [2.75, 3.05) is 18.5 Å². The molecular weight excluding hydrogens is 312 g/mol. The summed E-state index contributed by atoms with van der Waals surface area (Å²) in [6.45, 7) is 0.0324. The van der Waals surface area contributed by atoms with Gasteiger partial charge in [0.25, 0.3) is 5.91 Å². The van der Waals surface area contributed by atoms with Crippen LogP contribution >= 0.6 is 0 Å². The van der Waals surface area contributed by atoms with Gasteiger partial charge in [0, 0.05) is 12.3 Å². The van der Waals surface area contributed by atoms with E-state index in [2.05, 4.69) is 5.32 Å². The third-order valence-electron chi connectivity index (χ3n) is 2.98. The SMILES string of the molecule is NS(=O)(=O)c1cccc(NC(=O)COC(=O)[C@@H]2CCCO2)c1. The monoisotopic (exact) mass is 328 g/mol. The molecular formula is C13H16N2O6S. The molecule has 8 nitrogen and oxygen atoms in total. The number of hydrogen-bond donors (Lipinski definition) is 2. The van der Waals surface area contributed by atoms with Crippen molar-refractivity contribution in [3.63, 3.8) is 0 Å². The van der Waals surface area contributed by atoms with Crippen molar-refractivity contribution in [3.8, 4) is 0 Å². The van der Waals surface area contributed by atoms with E-state index in [1.165, 1.54) is 24.3 Å². The minimum Gasteiger partial charge on any atom is -0.454 e. The van der Waals surface area contributed by atoms with Gasteiger partial charge in [0.2, 0.25) is 10.0 Å². The molecule has 0 saturated carbocycles. The molecule has 1 fully saturated rings. The summed E-state index contributed by atoms with van der Waals surface area (Å²) < 4.78 is 32.4. The fourth-order valence-electron chi connectivity index (χ4n) is 1.94. The maximum atomic E-state index is 11.7. The molecule has 2 rings (SSSR count). The minimum absolute atomic E-state index is 0.123. The average molecular weight is 328 g/mol. The molecule has 0 aliphatic carbocycles. The van der Waals surface area contributed by atoms with Crippen LogP contribution < -0.4 is 10.5 Å². The predicted molar refractivity (Wildman–Crippen MR) is 76.4 cm³/mol. The molecule has 1 aliphatic heterocycles. The van der Waals surface area contributed by atoms with Crippen LogP contribution in [0.3, 0.4) is 0 Å². The summed E-state index contributed by atoms with van der Waals surface area (Å²) in [5, 5.41) is 7.42. The molecule has 1 aromatic carbocycles. The van der Waals surface area contributed by atoms with Gasteiger partial charge in [0.15, 0.2) is 12.7 Å². The van der Waals surface area contributed by atoms with Crippen molar-refractivity contribution in [3.05, 3.63) is 24.3 Å². The van der Waals surface area contributed by atoms with E-state index in [-0.39, 0.29) is 10.6 Å². The van der Waals surface area contributed by atoms with Crippen molar-refractivity contribution in [2.45, 2.75) is 23.8 Å². The first-order valence-corrected chi connectivity index (χ1v) is 8.12. The van der Waals surface area contributed by atoms with E-state index in [0.717, 1.165) is 6.42 Å². The van der Waals surface area contributed by atoms with Crippen LogP contribution in [0, 0.1) is 0 Å². The summed E-state index contributed by atoms with van der Waals surface area (Å²) in [4.78, 5) is 23.1. The third kappa shape index (κ3) is 4.52. The van der Waals surface area contributed by atoms with Gasteiger partial charge < -0.3 is 14.8 Å². The number of hydrogen-bond acceptors (Lipinski definition) is 6. The molecule has 1 aromatic rings. The van der Waals surface area contributed by atoms with Gasteiger partial charge in [0.1, 0.15) is 0 Å². The first kappa shape index (κ1) is 16.4. The zero-order valence-corrected chi connectivity index (χ0v) is 12.5. The second kappa shape index (κ2) is 6.86. The second-order valence-corrected chi connectivity index (χ2v) is 6.29. The van der Waals surface area contributed by atoms with Crippen molar-refractivity contribution >= 4 is 27.6 Å². The standard InChI is InChI=1S/C13H16N2O6S/c14-22(18,19)10-4-1-3-9(7-10)15-12(16)8-21-13(17)11-5-2-6-20-11/h1,3-4,7,11H,2,5-6,8H2,(H,15,16)(H2,14,18,19)/t11-/m0/s1. The molecule has 0 bridgehead atoms. The number of primary sulfonamides is 1. The number of carbonyl (C=O) groups is 2. The number of rotatable bonds is 5. The van der Waals surface area contributed by atoms with Crippen LogP contribution in [0.2, 0.25) is 0 Å². The van der Waals surface area contributed by atoms with Gasteiger partial charge in [-0.2, -0.15) is 0 Å². The Hall–Kier alpha value is -1.97. The number of carbonyl (C=O) groups excluding carboxylic acids is 2. The molecule has 0 unspecified atom stereocenters. The highest BCUT2D eigenvalue weighted by Gasteiger charge is 2.25. The molecule has 3 N–H and O–H groups in total. The lowest BCUT2D eigenvalue weighted by Crippen LogP contribution is -2.27. The summed E-state index contributed by atoms with van der Waals surface area (Å²) in [6, 6.07) is 5.46. The normalized spacial score (nSPS) is 18.0. The smallest absolute Gasteiger partial charge is 0.335 e. The number of ether oxygens (including phenoxy) is 2. The van der Waals surface area contributed by atoms with E-state index in [1.54, 1.807) is 0 Å². The minimum atomic E-state index is -3.85. The van der Waals surface area contributed by atoms with E-state index in [9.17, 15) is 18.0 Å². The second-order valence-electron chi connectivity index (χ2n) is 4.73. The molecule has 9 heteroatoms. The quantitative estimate of drug-likeness (QED) is 0.733. The van der Waals surface area contributed by atoms with Crippen LogP contribution in [0.25, 0.3) is 0 Å². The Morgan fingerprint density at radius 1 is 1.41 bits per heavy atom. The molecule has 120 valence electrons. The van der Waals surface area contributed by atoms with Gasteiger partial charge in [-0.3, -0.25) is 4.79 Å². The summed E-state index contributed by atoms with van der Waals surface area (Å²) in [5.74, 6) is -1.16. The molecule has 1 aliphatic rings. The number of esters is 1. The molecule has 1 heterocycles. The van der Waals surface area contributed by atoms with E-state index < -0.39 is 34.6 Å². The molecule has 0 aromatic heterocycles. The molecule has 1 amide bonds. The first-order valence-electron chi connectivity index (χ1n) is 6.57. The summed E-state index contributed by atoms with van der Waals surface area (Å²) >= 11 is 0. The van der Waals surface area contributed by atoms with Gasteiger partial charge in [-0.15, -0.1) is 0 Å². The van der Waals surface area contributed by atoms with E-state index in [4.69, 9.17) is 14.6 Å². The summed E-state index contributed by atoms with van der Waals surface area (Å²) in [5.41, 5.74) is 0.240. The molecule has 0 radical (unpaired) electrons. The zero-order valence-electron chi connectivity index (χ0n) is 11.7. The van der Waals surface area contributed by atoms with Crippen molar-refractivity contribution < 1.29 is 27.5 Å². The molecule has 22 heavy (non-hydrogen) atoms. The number of anilines is 1. The summed E-state index contributed by atoms with van der Waals surface area (Å²) in [6.07, 6.45) is 0.752. The van der Waals surface area contributed by atoms with E-state index in [1.807, 2.05) is 0 Å². The van der Waals surface area contributed by atoms with Gasteiger partial charge in [0.05, 0.1) is 4.90 Å². The van der Waals surface area contributed by atoms with E-state index >= 15 is 0 Å². The molecule has 1 saturated heterocycles. The summed E-state index contributed by atoms with van der Waals surface area (Å²) in [7, 11) is -3.85. The number of benzene rings is 1. The lowest BCUT2D eigenvalue weighted by atomic mass is 10.2. The van der Waals surface area contributed by atoms with Crippen molar-refractivity contribution in [2.24, 2.45) is 5.14 Å². The average Bonchev–Trinajstić information content (AvgIpc) is 2.98. The number of amides is 1. The fraction of sp³-hybridized carbons (Fsp3) is 0.385. The highest BCUT2D eigenvalue weighted by molar-refractivity contribution is 7.89. The van der Waals surface area contributed by atoms with Gasteiger partial charge in [-0.05, 0) is 31.0 Å². The Kier molecular flexibility index (Phi) is 5.11.